The van der Waals surface area contributed by atoms with Gasteiger partial charge in [0.15, 0.2) is 0 Å². The first-order chi connectivity index (χ1) is 10.7. The Morgan fingerprint density at radius 2 is 2.00 bits per heavy atom. The van der Waals surface area contributed by atoms with Crippen molar-refractivity contribution in [1.82, 2.24) is 9.78 Å². The summed E-state index contributed by atoms with van der Waals surface area (Å²) in [5.41, 5.74) is 2.29. The highest BCUT2D eigenvalue weighted by Gasteiger charge is 2.06. The lowest BCUT2D eigenvalue weighted by Crippen LogP contribution is -2.01. The Bertz CT molecular complexity index is 806. The van der Waals surface area contributed by atoms with Crippen LogP contribution >= 0.6 is 0 Å². The number of aryl methyl sites for hydroxylation is 2. The van der Waals surface area contributed by atoms with Gasteiger partial charge in [-0.2, -0.15) is 5.10 Å². The molecular weight excluding hydrogens is 280 g/mol. The second kappa shape index (κ2) is 5.89. The number of carboxylic acids is 1. The molecule has 22 heavy (non-hydrogen) atoms. The zero-order valence-corrected chi connectivity index (χ0v) is 12.2. The molecule has 2 aromatic carbocycles. The van der Waals surface area contributed by atoms with E-state index in [0.29, 0.717) is 0 Å². The fourth-order valence-corrected chi connectivity index (χ4v) is 2.36. The van der Waals surface area contributed by atoms with Crippen LogP contribution in [0.15, 0.2) is 48.7 Å². The summed E-state index contributed by atoms with van der Waals surface area (Å²) in [6, 6.07) is 12.9. The van der Waals surface area contributed by atoms with Crippen LogP contribution in [-0.4, -0.2) is 28.0 Å². The standard InChI is InChI=1S/C17H16N2O3/c1-22-15-5-2-12(3-6-15)8-9-19-11-14-10-13(17(20)21)4-7-16(14)18-19/h2-7,10-11H,8-9H2,1H3,(H,20,21). The number of aromatic carboxylic acids is 1. The topological polar surface area (TPSA) is 64.3 Å². The van der Waals surface area contributed by atoms with Gasteiger partial charge in [0.25, 0.3) is 0 Å². The van der Waals surface area contributed by atoms with Crippen molar-refractivity contribution in [2.75, 3.05) is 7.11 Å². The molecule has 0 aliphatic heterocycles. The first kappa shape index (κ1) is 14.1. The van der Waals surface area contributed by atoms with E-state index in [4.69, 9.17) is 9.84 Å². The van der Waals surface area contributed by atoms with Crippen molar-refractivity contribution in [1.29, 1.82) is 0 Å². The predicted molar refractivity (Wildman–Crippen MR) is 83.4 cm³/mol. The highest BCUT2D eigenvalue weighted by atomic mass is 16.5. The molecule has 0 saturated heterocycles. The van der Waals surface area contributed by atoms with Crippen molar-refractivity contribution in [2.24, 2.45) is 0 Å². The van der Waals surface area contributed by atoms with E-state index in [1.807, 2.05) is 35.1 Å². The molecule has 112 valence electrons. The summed E-state index contributed by atoms with van der Waals surface area (Å²) in [4.78, 5) is 11.0. The zero-order chi connectivity index (χ0) is 15.5. The van der Waals surface area contributed by atoms with E-state index in [0.717, 1.165) is 29.6 Å². The van der Waals surface area contributed by atoms with Gasteiger partial charge in [-0.05, 0) is 42.3 Å². The third-order valence-electron chi connectivity index (χ3n) is 3.59. The predicted octanol–water partition coefficient (Wildman–Crippen LogP) is 2.99. The van der Waals surface area contributed by atoms with Gasteiger partial charge in [0.2, 0.25) is 0 Å². The number of ether oxygens (including phenoxy) is 1. The van der Waals surface area contributed by atoms with Gasteiger partial charge in [-0.25, -0.2) is 4.79 Å². The molecule has 0 saturated carbocycles. The van der Waals surface area contributed by atoms with Crippen LogP contribution in [0.4, 0.5) is 0 Å². The summed E-state index contributed by atoms with van der Waals surface area (Å²) in [7, 11) is 1.65. The van der Waals surface area contributed by atoms with Crippen LogP contribution in [0.3, 0.4) is 0 Å². The van der Waals surface area contributed by atoms with Crippen LogP contribution in [0, 0.1) is 0 Å². The lowest BCUT2D eigenvalue weighted by Gasteiger charge is -2.03. The smallest absolute Gasteiger partial charge is 0.335 e. The van der Waals surface area contributed by atoms with E-state index in [2.05, 4.69) is 5.10 Å². The number of hydrogen-bond donors (Lipinski definition) is 1. The highest BCUT2D eigenvalue weighted by Crippen LogP contribution is 2.16. The Labute approximate surface area is 127 Å². The largest absolute Gasteiger partial charge is 0.497 e. The Kier molecular flexibility index (Phi) is 3.78. The van der Waals surface area contributed by atoms with E-state index in [1.165, 1.54) is 5.56 Å². The number of benzene rings is 2. The second-order valence-corrected chi connectivity index (χ2v) is 5.07. The first-order valence-corrected chi connectivity index (χ1v) is 6.99. The van der Waals surface area contributed by atoms with E-state index in [-0.39, 0.29) is 5.56 Å². The minimum absolute atomic E-state index is 0.280. The van der Waals surface area contributed by atoms with E-state index < -0.39 is 5.97 Å². The molecule has 3 aromatic rings. The average molecular weight is 296 g/mol. The maximum Gasteiger partial charge on any atom is 0.335 e. The fourth-order valence-electron chi connectivity index (χ4n) is 2.36. The first-order valence-electron chi connectivity index (χ1n) is 6.99. The number of carboxylic acid groups (broad SMARTS) is 1. The van der Waals surface area contributed by atoms with Crippen molar-refractivity contribution in [3.8, 4) is 5.75 Å². The number of aromatic nitrogens is 2. The minimum atomic E-state index is -0.923. The molecule has 0 bridgehead atoms. The van der Waals surface area contributed by atoms with Crippen molar-refractivity contribution >= 4 is 16.9 Å². The maximum absolute atomic E-state index is 11.0. The number of carbonyl (C=O) groups is 1. The maximum atomic E-state index is 11.0. The van der Waals surface area contributed by atoms with Crippen LogP contribution in [0.2, 0.25) is 0 Å². The molecule has 0 atom stereocenters. The van der Waals surface area contributed by atoms with Gasteiger partial charge < -0.3 is 9.84 Å². The fraction of sp³-hybridized carbons (Fsp3) is 0.176. The Hall–Kier alpha value is -2.82. The normalized spacial score (nSPS) is 10.8. The minimum Gasteiger partial charge on any atom is -0.497 e. The molecule has 0 aliphatic rings. The molecule has 0 unspecified atom stereocenters. The van der Waals surface area contributed by atoms with Crippen LogP contribution in [-0.2, 0) is 13.0 Å². The quantitative estimate of drug-likeness (QED) is 0.786. The van der Waals surface area contributed by atoms with Gasteiger partial charge in [0, 0.05) is 18.1 Å². The monoisotopic (exact) mass is 296 g/mol. The van der Waals surface area contributed by atoms with Crippen molar-refractivity contribution in [3.63, 3.8) is 0 Å². The summed E-state index contributed by atoms with van der Waals surface area (Å²) in [5, 5.41) is 14.3. The number of rotatable bonds is 5. The highest BCUT2D eigenvalue weighted by molar-refractivity contribution is 5.93. The summed E-state index contributed by atoms with van der Waals surface area (Å²) in [5.74, 6) is -0.0809. The molecular formula is C17H16N2O3. The van der Waals surface area contributed by atoms with Gasteiger partial charge in [-0.15, -0.1) is 0 Å². The Morgan fingerprint density at radius 3 is 2.68 bits per heavy atom. The van der Waals surface area contributed by atoms with Crippen LogP contribution < -0.4 is 4.74 Å². The van der Waals surface area contributed by atoms with E-state index >= 15 is 0 Å². The van der Waals surface area contributed by atoms with Crippen molar-refractivity contribution in [2.45, 2.75) is 13.0 Å². The van der Waals surface area contributed by atoms with Crippen LogP contribution in [0.25, 0.3) is 10.9 Å². The lowest BCUT2D eigenvalue weighted by molar-refractivity contribution is 0.0697. The SMILES string of the molecule is COc1ccc(CCn2cc3cc(C(=O)O)ccc3n2)cc1. The molecule has 0 radical (unpaired) electrons. The van der Waals surface area contributed by atoms with Gasteiger partial charge in [-0.1, -0.05) is 12.1 Å². The molecule has 5 nitrogen and oxygen atoms in total. The Balaban J connectivity index is 1.74. The number of hydrogen-bond acceptors (Lipinski definition) is 3. The molecule has 5 heteroatoms. The van der Waals surface area contributed by atoms with E-state index in [9.17, 15) is 4.79 Å². The Morgan fingerprint density at radius 1 is 1.23 bits per heavy atom. The molecule has 0 fully saturated rings. The number of methoxy groups -OCH3 is 1. The molecule has 0 aliphatic carbocycles. The molecule has 1 heterocycles. The third kappa shape index (κ3) is 2.93. The summed E-state index contributed by atoms with van der Waals surface area (Å²) >= 11 is 0. The van der Waals surface area contributed by atoms with Gasteiger partial charge in [0.1, 0.15) is 5.75 Å². The molecule has 1 N–H and O–H groups in total. The van der Waals surface area contributed by atoms with Crippen LogP contribution in [0.5, 0.6) is 5.75 Å². The van der Waals surface area contributed by atoms with Gasteiger partial charge in [-0.3, -0.25) is 4.68 Å². The molecule has 0 spiro atoms. The second-order valence-electron chi connectivity index (χ2n) is 5.07. The van der Waals surface area contributed by atoms with E-state index in [1.54, 1.807) is 25.3 Å². The van der Waals surface area contributed by atoms with Crippen LogP contribution in [0.1, 0.15) is 15.9 Å². The van der Waals surface area contributed by atoms with Crippen molar-refractivity contribution in [3.05, 3.63) is 59.8 Å². The third-order valence-corrected chi connectivity index (χ3v) is 3.59. The molecule has 1 aromatic heterocycles. The molecule has 0 amide bonds. The van der Waals surface area contributed by atoms with Gasteiger partial charge in [0.05, 0.1) is 18.2 Å². The van der Waals surface area contributed by atoms with Crippen molar-refractivity contribution < 1.29 is 14.6 Å². The number of nitrogens with zero attached hydrogens (tertiary/aromatic N) is 2. The van der Waals surface area contributed by atoms with Gasteiger partial charge >= 0.3 is 5.97 Å². The summed E-state index contributed by atoms with van der Waals surface area (Å²) in [6.07, 6.45) is 2.73. The summed E-state index contributed by atoms with van der Waals surface area (Å²) < 4.78 is 6.98. The lowest BCUT2D eigenvalue weighted by atomic mass is 10.1. The molecule has 3 rings (SSSR count). The zero-order valence-electron chi connectivity index (χ0n) is 12.2. The summed E-state index contributed by atoms with van der Waals surface area (Å²) in [6.45, 7) is 0.739. The number of fused-ring (bicyclic) bond motifs is 1. The average Bonchev–Trinajstić information content (AvgIpc) is 2.95.